The summed E-state index contributed by atoms with van der Waals surface area (Å²) in [5, 5.41) is 0. The van der Waals surface area contributed by atoms with Gasteiger partial charge in [0.25, 0.3) is 5.91 Å². The van der Waals surface area contributed by atoms with Gasteiger partial charge in [-0.2, -0.15) is 4.31 Å². The van der Waals surface area contributed by atoms with Crippen molar-refractivity contribution in [1.29, 1.82) is 0 Å². The van der Waals surface area contributed by atoms with E-state index in [0.717, 1.165) is 6.42 Å². The summed E-state index contributed by atoms with van der Waals surface area (Å²) in [6.07, 6.45) is -0.171. The van der Waals surface area contributed by atoms with Crippen molar-refractivity contribution in [3.8, 4) is 0 Å². The van der Waals surface area contributed by atoms with E-state index in [1.165, 1.54) is 35.5 Å². The molecule has 3 rings (SSSR count). The molecule has 0 bridgehead atoms. The minimum absolute atomic E-state index is 0.0584. The molecule has 2 heterocycles. The molecule has 1 amide bonds. The standard InChI is InChI=1S/C23H34N2O6S/c1-15-9-16(2)12-25(11-15)32(28,29)21-8-6-7-20(10-21)23(27)31-19(5)22(26)24-13-17(3)30-18(4)14-24/h6-8,10,15-19H,9,11-14H2,1-5H3. The van der Waals surface area contributed by atoms with Crippen molar-refractivity contribution in [3.63, 3.8) is 0 Å². The lowest BCUT2D eigenvalue weighted by Gasteiger charge is -2.36. The lowest BCUT2D eigenvalue weighted by atomic mass is 9.94. The van der Waals surface area contributed by atoms with Crippen LogP contribution in [0, 0.1) is 11.8 Å². The first-order valence-electron chi connectivity index (χ1n) is 11.2. The van der Waals surface area contributed by atoms with E-state index in [9.17, 15) is 18.0 Å². The van der Waals surface area contributed by atoms with Crippen LogP contribution in [-0.4, -0.2) is 74.0 Å². The van der Waals surface area contributed by atoms with Crippen molar-refractivity contribution in [2.75, 3.05) is 26.2 Å². The quantitative estimate of drug-likeness (QED) is 0.619. The predicted octanol–water partition coefficient (Wildman–Crippen LogP) is 2.53. The number of hydrogen-bond donors (Lipinski definition) is 0. The SMILES string of the molecule is CC1CC(C)CN(S(=O)(=O)c2cccc(C(=O)OC(C)C(=O)N3CC(C)OC(C)C3)c2)C1. The van der Waals surface area contributed by atoms with E-state index in [-0.39, 0.29) is 40.4 Å². The maximum atomic E-state index is 13.2. The highest BCUT2D eigenvalue weighted by Crippen LogP contribution is 2.27. The molecule has 2 aliphatic heterocycles. The minimum atomic E-state index is -3.72. The first-order valence-corrected chi connectivity index (χ1v) is 12.7. The van der Waals surface area contributed by atoms with E-state index in [0.29, 0.717) is 26.2 Å². The van der Waals surface area contributed by atoms with Crippen molar-refractivity contribution in [3.05, 3.63) is 29.8 Å². The summed E-state index contributed by atoms with van der Waals surface area (Å²) < 4.78 is 38.8. The second kappa shape index (κ2) is 9.89. The third kappa shape index (κ3) is 5.68. The average molecular weight is 467 g/mol. The lowest BCUT2D eigenvalue weighted by molar-refractivity contribution is -0.151. The Morgan fingerprint density at radius 3 is 2.22 bits per heavy atom. The van der Waals surface area contributed by atoms with Crippen molar-refractivity contribution in [2.45, 2.75) is 64.2 Å². The van der Waals surface area contributed by atoms with Crippen LogP contribution in [0.25, 0.3) is 0 Å². The molecule has 2 saturated heterocycles. The van der Waals surface area contributed by atoms with Gasteiger partial charge in [-0.1, -0.05) is 19.9 Å². The Balaban J connectivity index is 1.70. The van der Waals surface area contributed by atoms with Crippen LogP contribution >= 0.6 is 0 Å². The highest BCUT2D eigenvalue weighted by Gasteiger charge is 2.33. The molecule has 1 aromatic carbocycles. The lowest BCUT2D eigenvalue weighted by Crippen LogP contribution is -2.51. The smallest absolute Gasteiger partial charge is 0.338 e. The molecule has 1 aromatic rings. The maximum absolute atomic E-state index is 13.2. The third-order valence-electron chi connectivity index (χ3n) is 5.91. The van der Waals surface area contributed by atoms with Crippen LogP contribution < -0.4 is 0 Å². The van der Waals surface area contributed by atoms with Gasteiger partial charge in [0, 0.05) is 26.2 Å². The van der Waals surface area contributed by atoms with E-state index < -0.39 is 22.1 Å². The molecule has 0 N–H and O–H groups in total. The number of rotatable bonds is 5. The number of hydrogen-bond acceptors (Lipinski definition) is 6. The fourth-order valence-corrected chi connectivity index (χ4v) is 6.35. The summed E-state index contributed by atoms with van der Waals surface area (Å²) in [7, 11) is -3.72. The third-order valence-corrected chi connectivity index (χ3v) is 7.73. The number of ether oxygens (including phenoxy) is 2. The number of morpholine rings is 1. The summed E-state index contributed by atoms with van der Waals surface area (Å²) >= 11 is 0. The van der Waals surface area contributed by atoms with Crippen molar-refractivity contribution >= 4 is 21.9 Å². The Morgan fingerprint density at radius 1 is 1.03 bits per heavy atom. The molecule has 0 aliphatic carbocycles. The second-order valence-corrected chi connectivity index (χ2v) is 11.3. The number of carbonyl (C=O) groups is 2. The molecule has 2 fully saturated rings. The number of sulfonamides is 1. The van der Waals surface area contributed by atoms with E-state index in [2.05, 4.69) is 0 Å². The summed E-state index contributed by atoms with van der Waals surface area (Å²) in [6.45, 7) is 11.2. The zero-order valence-electron chi connectivity index (χ0n) is 19.5. The van der Waals surface area contributed by atoms with E-state index in [1.807, 2.05) is 27.7 Å². The summed E-state index contributed by atoms with van der Waals surface area (Å²) in [4.78, 5) is 27.1. The zero-order valence-corrected chi connectivity index (χ0v) is 20.3. The minimum Gasteiger partial charge on any atom is -0.449 e. The average Bonchev–Trinajstić information content (AvgIpc) is 2.71. The van der Waals surface area contributed by atoms with Gasteiger partial charge in [0.1, 0.15) is 0 Å². The molecule has 5 unspecified atom stereocenters. The fourth-order valence-electron chi connectivity index (χ4n) is 4.63. The normalized spacial score (nSPS) is 28.2. The van der Waals surface area contributed by atoms with Crippen molar-refractivity contribution in [2.24, 2.45) is 11.8 Å². The topological polar surface area (TPSA) is 93.2 Å². The van der Waals surface area contributed by atoms with Crippen LogP contribution in [0.15, 0.2) is 29.2 Å². The number of esters is 1. The van der Waals surface area contributed by atoms with E-state index >= 15 is 0 Å². The van der Waals surface area contributed by atoms with Crippen LogP contribution in [0.2, 0.25) is 0 Å². The first kappa shape index (κ1) is 24.7. The number of amides is 1. The molecule has 32 heavy (non-hydrogen) atoms. The molecule has 0 spiro atoms. The highest BCUT2D eigenvalue weighted by molar-refractivity contribution is 7.89. The van der Waals surface area contributed by atoms with Crippen LogP contribution in [0.1, 0.15) is 51.4 Å². The molecular formula is C23H34N2O6S. The summed E-state index contributed by atoms with van der Waals surface area (Å²) in [6, 6.07) is 5.84. The van der Waals surface area contributed by atoms with Gasteiger partial charge in [-0.3, -0.25) is 4.79 Å². The van der Waals surface area contributed by atoms with E-state index in [1.54, 1.807) is 4.90 Å². The van der Waals surface area contributed by atoms with Gasteiger partial charge in [0.2, 0.25) is 10.0 Å². The van der Waals surface area contributed by atoms with Gasteiger partial charge in [-0.15, -0.1) is 0 Å². The Labute approximate surface area is 190 Å². The molecule has 8 nitrogen and oxygen atoms in total. The molecule has 0 saturated carbocycles. The number of benzene rings is 1. The maximum Gasteiger partial charge on any atom is 0.338 e. The van der Waals surface area contributed by atoms with Crippen LogP contribution in [0.3, 0.4) is 0 Å². The van der Waals surface area contributed by atoms with Gasteiger partial charge >= 0.3 is 5.97 Å². The Bertz CT molecular complexity index is 930. The van der Waals surface area contributed by atoms with E-state index in [4.69, 9.17) is 9.47 Å². The van der Waals surface area contributed by atoms with Gasteiger partial charge in [0.15, 0.2) is 6.10 Å². The van der Waals surface area contributed by atoms with Crippen LogP contribution in [0.5, 0.6) is 0 Å². The highest BCUT2D eigenvalue weighted by atomic mass is 32.2. The summed E-state index contributed by atoms with van der Waals surface area (Å²) in [5.41, 5.74) is 0.104. The Kier molecular flexibility index (Phi) is 7.62. The molecule has 0 radical (unpaired) electrons. The van der Waals surface area contributed by atoms with Gasteiger partial charge in [-0.05, 0) is 57.2 Å². The largest absolute Gasteiger partial charge is 0.449 e. The van der Waals surface area contributed by atoms with Crippen molar-refractivity contribution in [1.82, 2.24) is 9.21 Å². The molecule has 178 valence electrons. The number of nitrogens with zero attached hydrogens (tertiary/aromatic N) is 2. The number of piperidine rings is 1. The van der Waals surface area contributed by atoms with Gasteiger partial charge in [-0.25, -0.2) is 13.2 Å². The molecule has 5 atom stereocenters. The Morgan fingerprint density at radius 2 is 1.62 bits per heavy atom. The second-order valence-electron chi connectivity index (χ2n) is 9.34. The fraction of sp³-hybridized carbons (Fsp3) is 0.652. The monoisotopic (exact) mass is 466 g/mol. The number of carbonyl (C=O) groups excluding carboxylic acids is 2. The zero-order chi connectivity index (χ0) is 23.6. The molecule has 2 aliphatic rings. The molecule has 0 aromatic heterocycles. The summed E-state index contributed by atoms with van der Waals surface area (Å²) in [5.74, 6) is -0.462. The molecule has 9 heteroatoms. The molecular weight excluding hydrogens is 432 g/mol. The Hall–Kier alpha value is -1.97. The van der Waals surface area contributed by atoms with Crippen molar-refractivity contribution < 1.29 is 27.5 Å². The van der Waals surface area contributed by atoms with Crippen LogP contribution in [0.4, 0.5) is 0 Å². The predicted molar refractivity (Wildman–Crippen MR) is 120 cm³/mol. The first-order chi connectivity index (χ1) is 15.0. The van der Waals surface area contributed by atoms with Gasteiger partial charge in [0.05, 0.1) is 22.7 Å². The van der Waals surface area contributed by atoms with Crippen LogP contribution in [-0.2, 0) is 24.3 Å². The van der Waals surface area contributed by atoms with Gasteiger partial charge < -0.3 is 14.4 Å².